The molecule has 0 fully saturated rings. The van der Waals surface area contributed by atoms with E-state index in [0.717, 1.165) is 12.1 Å². The van der Waals surface area contributed by atoms with Crippen LogP contribution < -0.4 is 0 Å². The molecule has 0 heterocycles. The van der Waals surface area contributed by atoms with Crippen molar-refractivity contribution in [3.63, 3.8) is 0 Å². The second-order valence-corrected chi connectivity index (χ2v) is 4.63. The summed E-state index contributed by atoms with van der Waals surface area (Å²) in [6.07, 6.45) is -0.417. The lowest BCUT2D eigenvalue weighted by Gasteiger charge is -2.04. The predicted molar refractivity (Wildman–Crippen MR) is 72.8 cm³/mol. The summed E-state index contributed by atoms with van der Waals surface area (Å²) < 4.78 is 12.7. The van der Waals surface area contributed by atoms with Crippen LogP contribution in [-0.2, 0) is 0 Å². The van der Waals surface area contributed by atoms with E-state index in [2.05, 4.69) is 0 Å². The zero-order valence-corrected chi connectivity index (χ0v) is 11.0. The van der Waals surface area contributed by atoms with E-state index in [1.807, 2.05) is 0 Å². The molecule has 0 unspecified atom stereocenters. The second-order valence-electron chi connectivity index (χ2n) is 4.19. The molecule has 3 nitrogen and oxygen atoms in total. The third kappa shape index (κ3) is 3.22. The Bertz CT molecular complexity index is 665. The number of rotatable bonds is 4. The van der Waals surface area contributed by atoms with E-state index in [-0.39, 0.29) is 16.9 Å². The van der Waals surface area contributed by atoms with Crippen molar-refractivity contribution in [2.75, 3.05) is 0 Å². The molecule has 0 amide bonds. The van der Waals surface area contributed by atoms with Crippen LogP contribution in [0.1, 0.15) is 27.1 Å². The molecule has 102 valence electrons. The Kier molecular flexibility index (Phi) is 4.15. The molecule has 0 aliphatic carbocycles. The molecule has 0 aliphatic rings. The fourth-order valence-corrected chi connectivity index (χ4v) is 1.88. The largest absolute Gasteiger partial charge is 0.507 e. The average Bonchev–Trinajstić information content (AvgIpc) is 2.42. The van der Waals surface area contributed by atoms with E-state index in [4.69, 9.17) is 11.6 Å². The lowest BCUT2D eigenvalue weighted by atomic mass is 10.0. The summed E-state index contributed by atoms with van der Waals surface area (Å²) in [4.78, 5) is 23.8. The van der Waals surface area contributed by atoms with E-state index in [1.165, 1.54) is 30.3 Å². The van der Waals surface area contributed by atoms with Gasteiger partial charge in [0.2, 0.25) is 0 Å². The number of ketones is 2. The maximum absolute atomic E-state index is 12.7. The molecular weight excluding hydrogens is 283 g/mol. The van der Waals surface area contributed by atoms with Crippen LogP contribution in [0.5, 0.6) is 5.75 Å². The van der Waals surface area contributed by atoms with Gasteiger partial charge in [-0.15, -0.1) is 0 Å². The molecule has 0 radical (unpaired) electrons. The van der Waals surface area contributed by atoms with Gasteiger partial charge in [0.05, 0.1) is 12.0 Å². The first-order valence-electron chi connectivity index (χ1n) is 5.78. The van der Waals surface area contributed by atoms with Gasteiger partial charge in [0, 0.05) is 10.6 Å². The molecule has 0 aliphatic heterocycles. The number of hydrogen-bond acceptors (Lipinski definition) is 3. The standard InChI is InChI=1S/C15H10ClFO3/c16-10-3-6-13(18)12(7-10)15(20)8-14(19)9-1-4-11(17)5-2-9/h1-7,18H,8H2. The maximum Gasteiger partial charge on any atom is 0.174 e. The van der Waals surface area contributed by atoms with Crippen molar-refractivity contribution < 1.29 is 19.1 Å². The van der Waals surface area contributed by atoms with Gasteiger partial charge in [-0.1, -0.05) is 11.6 Å². The van der Waals surface area contributed by atoms with E-state index in [9.17, 15) is 19.1 Å². The number of carbonyl (C=O) groups excluding carboxylic acids is 2. The smallest absolute Gasteiger partial charge is 0.174 e. The summed E-state index contributed by atoms with van der Waals surface area (Å²) >= 11 is 5.74. The minimum atomic E-state index is -0.542. The molecule has 0 saturated heterocycles. The Morgan fingerprint density at radius 2 is 1.70 bits per heavy atom. The van der Waals surface area contributed by atoms with Gasteiger partial charge in [-0.3, -0.25) is 9.59 Å². The zero-order chi connectivity index (χ0) is 14.7. The van der Waals surface area contributed by atoms with Crippen molar-refractivity contribution in [3.05, 3.63) is 64.4 Å². The molecule has 0 bridgehead atoms. The van der Waals surface area contributed by atoms with E-state index >= 15 is 0 Å². The molecule has 0 spiro atoms. The Hall–Kier alpha value is -2.20. The first-order chi connectivity index (χ1) is 9.47. The van der Waals surface area contributed by atoms with Crippen molar-refractivity contribution in [2.45, 2.75) is 6.42 Å². The van der Waals surface area contributed by atoms with Gasteiger partial charge in [-0.2, -0.15) is 0 Å². The monoisotopic (exact) mass is 292 g/mol. The number of benzene rings is 2. The first-order valence-corrected chi connectivity index (χ1v) is 6.15. The molecule has 0 saturated carbocycles. The molecule has 2 aromatic rings. The predicted octanol–water partition coefficient (Wildman–Crippen LogP) is 3.64. The highest BCUT2D eigenvalue weighted by molar-refractivity contribution is 6.31. The summed E-state index contributed by atoms with van der Waals surface area (Å²) in [6.45, 7) is 0. The van der Waals surface area contributed by atoms with Crippen molar-refractivity contribution in [3.8, 4) is 5.75 Å². The number of phenols is 1. The van der Waals surface area contributed by atoms with Gasteiger partial charge in [0.25, 0.3) is 0 Å². The van der Waals surface area contributed by atoms with Gasteiger partial charge in [-0.25, -0.2) is 4.39 Å². The van der Waals surface area contributed by atoms with E-state index in [1.54, 1.807) is 0 Å². The summed E-state index contributed by atoms with van der Waals surface area (Å²) in [7, 11) is 0. The lowest BCUT2D eigenvalue weighted by molar-refractivity contribution is 0.0893. The number of halogens is 2. The molecule has 0 atom stereocenters. The van der Waals surface area contributed by atoms with E-state index in [0.29, 0.717) is 5.02 Å². The minimum absolute atomic E-state index is 0.00652. The Balaban J connectivity index is 2.17. The Labute approximate surface area is 119 Å². The molecule has 5 heteroatoms. The molecule has 0 aromatic heterocycles. The van der Waals surface area contributed by atoms with Crippen molar-refractivity contribution >= 4 is 23.2 Å². The Morgan fingerprint density at radius 1 is 1.05 bits per heavy atom. The fourth-order valence-electron chi connectivity index (χ4n) is 1.71. The number of hydrogen-bond donors (Lipinski definition) is 1. The normalized spacial score (nSPS) is 10.3. The highest BCUT2D eigenvalue weighted by atomic mass is 35.5. The SMILES string of the molecule is O=C(CC(=O)c1cc(Cl)ccc1O)c1ccc(F)cc1. The summed E-state index contributed by atoms with van der Waals surface area (Å²) in [5.41, 5.74) is 0.231. The number of phenolic OH excluding ortho intramolecular Hbond substituents is 1. The van der Waals surface area contributed by atoms with Crippen LogP contribution in [0.3, 0.4) is 0 Å². The number of aromatic hydroxyl groups is 1. The summed E-state index contributed by atoms with van der Waals surface area (Å²) in [6, 6.07) is 8.94. The van der Waals surface area contributed by atoms with Gasteiger partial charge in [0.15, 0.2) is 11.6 Å². The summed E-state index contributed by atoms with van der Waals surface area (Å²) in [5.74, 6) is -1.68. The van der Waals surface area contributed by atoms with Crippen molar-refractivity contribution in [1.82, 2.24) is 0 Å². The lowest BCUT2D eigenvalue weighted by Crippen LogP contribution is -2.09. The third-order valence-corrected chi connectivity index (χ3v) is 2.98. The minimum Gasteiger partial charge on any atom is -0.507 e. The topological polar surface area (TPSA) is 54.4 Å². The number of Topliss-reactive ketones (excluding diaryl/α,β-unsaturated/α-hetero) is 2. The van der Waals surface area contributed by atoms with Crippen LogP contribution in [0, 0.1) is 5.82 Å². The van der Waals surface area contributed by atoms with Crippen LogP contribution in [0.4, 0.5) is 4.39 Å². The van der Waals surface area contributed by atoms with Crippen molar-refractivity contribution in [1.29, 1.82) is 0 Å². The zero-order valence-electron chi connectivity index (χ0n) is 10.3. The fraction of sp³-hybridized carbons (Fsp3) is 0.0667. The van der Waals surface area contributed by atoms with Crippen LogP contribution in [0.25, 0.3) is 0 Å². The van der Waals surface area contributed by atoms with Gasteiger partial charge in [0.1, 0.15) is 11.6 Å². The second kappa shape index (κ2) is 5.84. The van der Waals surface area contributed by atoms with Gasteiger partial charge >= 0.3 is 0 Å². The molecular formula is C15H10ClFO3. The molecule has 1 N–H and O–H groups in total. The quantitative estimate of drug-likeness (QED) is 0.691. The van der Waals surface area contributed by atoms with Crippen LogP contribution in [0.15, 0.2) is 42.5 Å². The highest BCUT2D eigenvalue weighted by Gasteiger charge is 2.17. The van der Waals surface area contributed by atoms with Crippen LogP contribution in [-0.4, -0.2) is 16.7 Å². The molecule has 2 rings (SSSR count). The molecule has 20 heavy (non-hydrogen) atoms. The van der Waals surface area contributed by atoms with Crippen LogP contribution >= 0.6 is 11.6 Å². The van der Waals surface area contributed by atoms with Crippen LogP contribution in [0.2, 0.25) is 5.02 Å². The maximum atomic E-state index is 12.7. The average molecular weight is 293 g/mol. The van der Waals surface area contributed by atoms with Crippen molar-refractivity contribution in [2.24, 2.45) is 0 Å². The Morgan fingerprint density at radius 3 is 2.35 bits per heavy atom. The van der Waals surface area contributed by atoms with Gasteiger partial charge in [-0.05, 0) is 42.5 Å². The molecule has 2 aromatic carbocycles. The summed E-state index contributed by atoms with van der Waals surface area (Å²) in [5, 5.41) is 9.88. The van der Waals surface area contributed by atoms with Gasteiger partial charge < -0.3 is 5.11 Å². The highest BCUT2D eigenvalue weighted by Crippen LogP contribution is 2.23. The third-order valence-electron chi connectivity index (χ3n) is 2.75. The number of carbonyl (C=O) groups is 2. The van der Waals surface area contributed by atoms with E-state index < -0.39 is 23.8 Å². The first kappa shape index (κ1) is 14.2.